The van der Waals surface area contributed by atoms with E-state index in [0.717, 1.165) is 4.90 Å². The van der Waals surface area contributed by atoms with Gasteiger partial charge in [-0.05, 0) is 48.6 Å². The Labute approximate surface area is 153 Å². The summed E-state index contributed by atoms with van der Waals surface area (Å²) in [6, 6.07) is 10.6. The van der Waals surface area contributed by atoms with Crippen molar-refractivity contribution in [1.82, 2.24) is 5.32 Å². The molecule has 6 nitrogen and oxygen atoms in total. The molecule has 0 spiro atoms. The fourth-order valence-electron chi connectivity index (χ4n) is 2.30. The number of rotatable bonds is 2. The van der Waals surface area contributed by atoms with Crippen LogP contribution in [0.1, 0.15) is 5.56 Å². The van der Waals surface area contributed by atoms with Crippen LogP contribution in [-0.4, -0.2) is 27.1 Å². The maximum absolute atomic E-state index is 12.8. The van der Waals surface area contributed by atoms with Gasteiger partial charge < -0.3 is 10.2 Å². The third-order valence-corrected chi connectivity index (χ3v) is 4.07. The molecule has 3 N–H and O–H groups in total. The van der Waals surface area contributed by atoms with Gasteiger partial charge in [-0.15, -0.1) is 0 Å². The molecule has 1 heterocycles. The first-order valence-electron chi connectivity index (χ1n) is 7.06. The number of para-hydroxylation sites is 1. The largest absolute Gasteiger partial charge is 0.504 e. The van der Waals surface area contributed by atoms with Crippen LogP contribution in [0, 0.1) is 0 Å². The van der Waals surface area contributed by atoms with E-state index in [9.17, 15) is 19.8 Å². The molecule has 2 aromatic carbocycles. The molecule has 0 radical (unpaired) electrons. The number of nitrogens with zero attached hydrogens (tertiary/aromatic N) is 1. The molecule has 1 fully saturated rings. The molecule has 126 valence electrons. The zero-order valence-electron chi connectivity index (χ0n) is 12.6. The number of thiocarbonyl (C=S) groups is 1. The van der Waals surface area contributed by atoms with Crippen LogP contribution in [0.2, 0.25) is 5.02 Å². The Morgan fingerprint density at radius 2 is 1.76 bits per heavy atom. The Kier molecular flexibility index (Phi) is 4.43. The lowest BCUT2D eigenvalue weighted by atomic mass is 10.1. The lowest BCUT2D eigenvalue weighted by molar-refractivity contribution is -0.122. The van der Waals surface area contributed by atoms with Crippen LogP contribution >= 0.6 is 23.8 Å². The van der Waals surface area contributed by atoms with E-state index in [-0.39, 0.29) is 22.0 Å². The third-order valence-electron chi connectivity index (χ3n) is 3.53. The van der Waals surface area contributed by atoms with E-state index in [2.05, 4.69) is 5.32 Å². The molecule has 1 aliphatic heterocycles. The molecule has 1 aliphatic rings. The van der Waals surface area contributed by atoms with Crippen LogP contribution in [0.5, 0.6) is 11.5 Å². The first-order valence-corrected chi connectivity index (χ1v) is 7.85. The molecule has 0 unspecified atom stereocenters. The number of aromatic hydroxyl groups is 2. The van der Waals surface area contributed by atoms with Crippen molar-refractivity contribution in [3.8, 4) is 11.5 Å². The minimum Gasteiger partial charge on any atom is -0.504 e. The highest BCUT2D eigenvalue weighted by atomic mass is 35.5. The van der Waals surface area contributed by atoms with Crippen LogP contribution in [-0.2, 0) is 9.59 Å². The average molecular weight is 375 g/mol. The maximum Gasteiger partial charge on any atom is 0.270 e. The second-order valence-corrected chi connectivity index (χ2v) is 5.97. The quantitative estimate of drug-likeness (QED) is 0.325. The number of carbonyl (C=O) groups is 2. The Hall–Kier alpha value is -2.90. The van der Waals surface area contributed by atoms with Crippen LogP contribution in [0.3, 0.4) is 0 Å². The van der Waals surface area contributed by atoms with Gasteiger partial charge in [0.1, 0.15) is 5.57 Å². The van der Waals surface area contributed by atoms with Gasteiger partial charge in [0, 0.05) is 10.6 Å². The van der Waals surface area contributed by atoms with Crippen molar-refractivity contribution in [2.45, 2.75) is 0 Å². The molecule has 0 saturated carbocycles. The highest BCUT2D eigenvalue weighted by molar-refractivity contribution is 7.80. The number of phenolic OH excluding ortho intramolecular Hbond substituents is 2. The molecular weight excluding hydrogens is 364 g/mol. The van der Waals surface area contributed by atoms with E-state index in [1.54, 1.807) is 24.3 Å². The lowest BCUT2D eigenvalue weighted by Gasteiger charge is -2.29. The normalized spacial score (nSPS) is 16.3. The van der Waals surface area contributed by atoms with Crippen LogP contribution in [0.25, 0.3) is 6.08 Å². The van der Waals surface area contributed by atoms with Gasteiger partial charge in [-0.3, -0.25) is 19.8 Å². The number of hydrogen-bond donors (Lipinski definition) is 3. The second-order valence-electron chi connectivity index (χ2n) is 5.15. The zero-order chi connectivity index (χ0) is 18.1. The van der Waals surface area contributed by atoms with Crippen molar-refractivity contribution in [2.75, 3.05) is 4.90 Å². The first-order chi connectivity index (χ1) is 11.9. The number of amides is 2. The van der Waals surface area contributed by atoms with Gasteiger partial charge >= 0.3 is 0 Å². The molecular formula is C17H11ClN2O4S. The maximum atomic E-state index is 12.8. The molecule has 2 aromatic rings. The van der Waals surface area contributed by atoms with Gasteiger partial charge in [0.2, 0.25) is 0 Å². The summed E-state index contributed by atoms with van der Waals surface area (Å²) in [5.74, 6) is -2.13. The monoisotopic (exact) mass is 374 g/mol. The topological polar surface area (TPSA) is 89.9 Å². The number of phenols is 2. The zero-order valence-corrected chi connectivity index (χ0v) is 14.1. The number of benzene rings is 2. The number of hydrogen-bond acceptors (Lipinski definition) is 5. The highest BCUT2D eigenvalue weighted by Crippen LogP contribution is 2.31. The molecule has 0 bridgehead atoms. The van der Waals surface area contributed by atoms with Crippen LogP contribution in [0.4, 0.5) is 5.69 Å². The average Bonchev–Trinajstić information content (AvgIpc) is 2.56. The summed E-state index contributed by atoms with van der Waals surface area (Å²) in [5.41, 5.74) is 0.331. The van der Waals surface area contributed by atoms with E-state index in [1.165, 1.54) is 24.3 Å². The van der Waals surface area contributed by atoms with Crippen molar-refractivity contribution < 1.29 is 19.8 Å². The fourth-order valence-corrected chi connectivity index (χ4v) is 2.71. The van der Waals surface area contributed by atoms with Gasteiger partial charge in [0.25, 0.3) is 11.8 Å². The van der Waals surface area contributed by atoms with E-state index in [1.807, 2.05) is 0 Å². The fraction of sp³-hybridized carbons (Fsp3) is 0. The number of nitrogens with one attached hydrogen (secondary N) is 1. The Morgan fingerprint density at radius 1 is 1.08 bits per heavy atom. The number of carbonyl (C=O) groups excluding carboxylic acids is 2. The summed E-state index contributed by atoms with van der Waals surface area (Å²) in [6.07, 6.45) is 1.19. The summed E-state index contributed by atoms with van der Waals surface area (Å²) >= 11 is 10.9. The van der Waals surface area contributed by atoms with Crippen LogP contribution in [0.15, 0.2) is 48.0 Å². The highest BCUT2D eigenvalue weighted by Gasteiger charge is 2.34. The van der Waals surface area contributed by atoms with Crippen molar-refractivity contribution in [1.29, 1.82) is 0 Å². The standard InChI is InChI=1S/C17H11ClN2O4S/c18-10-4-6-11(7-5-10)20-16(24)12(15(23)19-17(20)25)8-9-2-1-3-13(21)14(9)22/h1-8,21-22H,(H,19,23,25)/b12-8-. The Morgan fingerprint density at radius 3 is 2.44 bits per heavy atom. The molecule has 2 amide bonds. The second kappa shape index (κ2) is 6.54. The van der Waals surface area contributed by atoms with Gasteiger partial charge in [0.15, 0.2) is 16.6 Å². The summed E-state index contributed by atoms with van der Waals surface area (Å²) in [7, 11) is 0. The molecule has 8 heteroatoms. The SMILES string of the molecule is O=C1NC(=S)N(c2ccc(Cl)cc2)C(=O)/C1=C\c1cccc(O)c1O. The smallest absolute Gasteiger partial charge is 0.270 e. The molecule has 1 saturated heterocycles. The van der Waals surface area contributed by atoms with E-state index < -0.39 is 17.6 Å². The predicted molar refractivity (Wildman–Crippen MR) is 97.4 cm³/mol. The van der Waals surface area contributed by atoms with Crippen molar-refractivity contribution in [3.05, 3.63) is 58.6 Å². The van der Waals surface area contributed by atoms with Gasteiger partial charge in [-0.2, -0.15) is 0 Å². The van der Waals surface area contributed by atoms with E-state index in [4.69, 9.17) is 23.8 Å². The summed E-state index contributed by atoms with van der Waals surface area (Å²) in [6.45, 7) is 0. The Bertz CT molecular complexity index is 925. The Balaban J connectivity index is 2.05. The van der Waals surface area contributed by atoms with Gasteiger partial charge in [-0.1, -0.05) is 23.7 Å². The van der Waals surface area contributed by atoms with Gasteiger partial charge in [0.05, 0.1) is 5.69 Å². The minimum absolute atomic E-state index is 0.0606. The lowest BCUT2D eigenvalue weighted by Crippen LogP contribution is -2.54. The molecule has 25 heavy (non-hydrogen) atoms. The predicted octanol–water partition coefficient (Wildman–Crippen LogP) is 2.58. The summed E-state index contributed by atoms with van der Waals surface area (Å²) in [4.78, 5) is 26.1. The number of halogens is 1. The third kappa shape index (κ3) is 3.19. The summed E-state index contributed by atoms with van der Waals surface area (Å²) < 4.78 is 0. The molecule has 0 aliphatic carbocycles. The molecule has 0 atom stereocenters. The summed E-state index contributed by atoms with van der Waals surface area (Å²) in [5, 5.41) is 22.3. The van der Waals surface area contributed by atoms with E-state index >= 15 is 0 Å². The van der Waals surface area contributed by atoms with Crippen molar-refractivity contribution in [3.63, 3.8) is 0 Å². The molecule has 3 rings (SSSR count). The van der Waals surface area contributed by atoms with Gasteiger partial charge in [-0.25, -0.2) is 0 Å². The first kappa shape index (κ1) is 16.9. The minimum atomic E-state index is -0.692. The number of anilines is 1. The molecule has 0 aromatic heterocycles. The van der Waals surface area contributed by atoms with E-state index in [0.29, 0.717) is 10.7 Å². The van der Waals surface area contributed by atoms with Crippen molar-refractivity contribution >= 4 is 52.5 Å². The van der Waals surface area contributed by atoms with Crippen LogP contribution < -0.4 is 10.2 Å². The van der Waals surface area contributed by atoms with Crippen molar-refractivity contribution in [2.24, 2.45) is 0 Å².